The number of anilines is 2. The minimum Gasteiger partial charge on any atom is -0.350 e. The molecule has 1 saturated heterocycles. The lowest BCUT2D eigenvalue weighted by atomic mass is 10.1. The monoisotopic (exact) mass is 402 g/mol. The van der Waals surface area contributed by atoms with E-state index in [0.29, 0.717) is 18.9 Å². The average Bonchev–Trinajstić information content (AvgIpc) is 3.21. The van der Waals surface area contributed by atoms with Crippen LogP contribution in [-0.4, -0.2) is 50.3 Å². The molecule has 1 aromatic heterocycles. The molecule has 3 rings (SSSR count). The number of hydrogen-bond acceptors (Lipinski definition) is 5. The first-order chi connectivity index (χ1) is 13.3. The third-order valence-electron chi connectivity index (χ3n) is 5.07. The van der Waals surface area contributed by atoms with Gasteiger partial charge in [-0.25, -0.2) is 13.4 Å². The SMILES string of the molecule is Cc1cccc(NC(=O)CN(C)c2ccc(S(=O)(=O)N3CCCC3)cn2)c1C. The van der Waals surface area contributed by atoms with Crippen molar-refractivity contribution in [2.45, 2.75) is 31.6 Å². The zero-order valence-corrected chi connectivity index (χ0v) is 17.3. The fraction of sp³-hybridized carbons (Fsp3) is 0.400. The Labute approximate surface area is 166 Å². The van der Waals surface area contributed by atoms with Gasteiger partial charge in [-0.1, -0.05) is 12.1 Å². The van der Waals surface area contributed by atoms with Crippen molar-refractivity contribution < 1.29 is 13.2 Å². The topological polar surface area (TPSA) is 82.6 Å². The predicted octanol–water partition coefficient (Wildman–Crippen LogP) is 2.56. The van der Waals surface area contributed by atoms with Crippen molar-refractivity contribution in [1.82, 2.24) is 9.29 Å². The van der Waals surface area contributed by atoms with Gasteiger partial charge in [-0.3, -0.25) is 4.79 Å². The lowest BCUT2D eigenvalue weighted by Gasteiger charge is -2.19. The summed E-state index contributed by atoms with van der Waals surface area (Å²) < 4.78 is 26.6. The first-order valence-corrected chi connectivity index (χ1v) is 10.8. The standard InChI is InChI=1S/C20H26N4O3S/c1-15-7-6-8-18(16(15)2)22-20(25)14-23(3)19-10-9-17(13-21-19)28(26,27)24-11-4-5-12-24/h6-10,13H,4-5,11-12,14H2,1-3H3,(H,22,25). The highest BCUT2D eigenvalue weighted by molar-refractivity contribution is 7.89. The summed E-state index contributed by atoms with van der Waals surface area (Å²) in [5.74, 6) is 0.378. The van der Waals surface area contributed by atoms with E-state index in [-0.39, 0.29) is 17.3 Å². The summed E-state index contributed by atoms with van der Waals surface area (Å²) >= 11 is 0. The fourth-order valence-corrected chi connectivity index (χ4v) is 4.66. The molecule has 1 fully saturated rings. The van der Waals surface area contributed by atoms with E-state index in [1.165, 1.54) is 10.5 Å². The van der Waals surface area contributed by atoms with Gasteiger partial charge in [0.1, 0.15) is 10.7 Å². The second-order valence-electron chi connectivity index (χ2n) is 7.12. The molecule has 0 saturated carbocycles. The zero-order valence-electron chi connectivity index (χ0n) is 16.5. The number of carbonyl (C=O) groups excluding carboxylic acids is 1. The Kier molecular flexibility index (Phi) is 6.00. The van der Waals surface area contributed by atoms with Gasteiger partial charge < -0.3 is 10.2 Å². The van der Waals surface area contributed by atoms with Gasteiger partial charge >= 0.3 is 0 Å². The number of rotatable bonds is 6. The Morgan fingerprint density at radius 2 is 1.89 bits per heavy atom. The zero-order chi connectivity index (χ0) is 20.3. The number of carbonyl (C=O) groups is 1. The molecule has 0 bridgehead atoms. The highest BCUT2D eigenvalue weighted by atomic mass is 32.2. The first-order valence-electron chi connectivity index (χ1n) is 9.32. The molecule has 0 spiro atoms. The Balaban J connectivity index is 1.65. The maximum absolute atomic E-state index is 12.6. The molecule has 2 heterocycles. The summed E-state index contributed by atoms with van der Waals surface area (Å²) in [6.45, 7) is 5.19. The van der Waals surface area contributed by atoms with Gasteiger partial charge in [-0.05, 0) is 56.0 Å². The highest BCUT2D eigenvalue weighted by Gasteiger charge is 2.27. The molecule has 1 amide bonds. The molecule has 1 N–H and O–H groups in total. The number of amides is 1. The van der Waals surface area contributed by atoms with Crippen LogP contribution in [0.3, 0.4) is 0 Å². The van der Waals surface area contributed by atoms with E-state index in [1.54, 1.807) is 24.1 Å². The van der Waals surface area contributed by atoms with E-state index in [9.17, 15) is 13.2 Å². The van der Waals surface area contributed by atoms with Crippen LogP contribution < -0.4 is 10.2 Å². The van der Waals surface area contributed by atoms with E-state index >= 15 is 0 Å². The number of nitrogens with zero attached hydrogens (tertiary/aromatic N) is 3. The molecule has 150 valence electrons. The quantitative estimate of drug-likeness (QED) is 0.803. The van der Waals surface area contributed by atoms with Crippen molar-refractivity contribution in [2.24, 2.45) is 0 Å². The highest BCUT2D eigenvalue weighted by Crippen LogP contribution is 2.22. The van der Waals surface area contributed by atoms with E-state index in [0.717, 1.165) is 29.7 Å². The lowest BCUT2D eigenvalue weighted by molar-refractivity contribution is -0.114. The van der Waals surface area contributed by atoms with Gasteiger partial charge in [-0.15, -0.1) is 0 Å². The third-order valence-corrected chi connectivity index (χ3v) is 6.96. The summed E-state index contributed by atoms with van der Waals surface area (Å²) in [5, 5.41) is 2.91. The molecule has 0 radical (unpaired) electrons. The van der Waals surface area contributed by atoms with E-state index in [1.807, 2.05) is 32.0 Å². The van der Waals surface area contributed by atoms with Gasteiger partial charge in [-0.2, -0.15) is 4.31 Å². The number of sulfonamides is 1. The number of likely N-dealkylation sites (N-methyl/N-ethyl adjacent to an activating group) is 1. The van der Waals surface area contributed by atoms with Gasteiger partial charge in [0.15, 0.2) is 0 Å². The second-order valence-corrected chi connectivity index (χ2v) is 9.05. The molecule has 1 aromatic carbocycles. The smallest absolute Gasteiger partial charge is 0.244 e. The molecule has 2 aromatic rings. The van der Waals surface area contributed by atoms with Crippen LogP contribution in [-0.2, 0) is 14.8 Å². The molecular formula is C20H26N4O3S. The van der Waals surface area contributed by atoms with Crippen molar-refractivity contribution in [1.29, 1.82) is 0 Å². The summed E-state index contributed by atoms with van der Waals surface area (Å²) in [5.41, 5.74) is 2.94. The van der Waals surface area contributed by atoms with Crippen molar-refractivity contribution >= 4 is 27.4 Å². The van der Waals surface area contributed by atoms with Crippen molar-refractivity contribution in [3.05, 3.63) is 47.7 Å². The van der Waals surface area contributed by atoms with Gasteiger partial charge in [0, 0.05) is 32.0 Å². The molecule has 0 aliphatic carbocycles. The largest absolute Gasteiger partial charge is 0.350 e. The van der Waals surface area contributed by atoms with E-state index < -0.39 is 10.0 Å². The molecule has 1 aliphatic rings. The Hall–Kier alpha value is -2.45. The second kappa shape index (κ2) is 8.28. The number of hydrogen-bond donors (Lipinski definition) is 1. The van der Waals surface area contributed by atoms with Crippen molar-refractivity contribution in [2.75, 3.05) is 36.9 Å². The van der Waals surface area contributed by atoms with Crippen LogP contribution in [0.15, 0.2) is 41.4 Å². The van der Waals surface area contributed by atoms with E-state index in [2.05, 4.69) is 10.3 Å². The molecule has 28 heavy (non-hydrogen) atoms. The van der Waals surface area contributed by atoms with Crippen LogP contribution in [0.5, 0.6) is 0 Å². The number of aryl methyl sites for hydroxylation is 1. The maximum atomic E-state index is 12.6. The van der Waals surface area contributed by atoms with Crippen LogP contribution in [0, 0.1) is 13.8 Å². The maximum Gasteiger partial charge on any atom is 0.244 e. The van der Waals surface area contributed by atoms with Crippen LogP contribution >= 0.6 is 0 Å². The van der Waals surface area contributed by atoms with Crippen molar-refractivity contribution in [3.8, 4) is 0 Å². The van der Waals surface area contributed by atoms with Crippen molar-refractivity contribution in [3.63, 3.8) is 0 Å². The number of aromatic nitrogens is 1. The molecule has 0 atom stereocenters. The number of nitrogens with one attached hydrogen (secondary N) is 1. The van der Waals surface area contributed by atoms with E-state index in [4.69, 9.17) is 0 Å². The van der Waals surface area contributed by atoms with Gasteiger partial charge in [0.25, 0.3) is 0 Å². The summed E-state index contributed by atoms with van der Waals surface area (Å²) in [4.78, 5) is 18.5. The van der Waals surface area contributed by atoms with Crippen LogP contribution in [0.2, 0.25) is 0 Å². The number of pyridine rings is 1. The predicted molar refractivity (Wildman–Crippen MR) is 110 cm³/mol. The molecular weight excluding hydrogens is 376 g/mol. The van der Waals surface area contributed by atoms with Crippen LogP contribution in [0.25, 0.3) is 0 Å². The lowest BCUT2D eigenvalue weighted by Crippen LogP contribution is -2.31. The number of benzene rings is 1. The Bertz CT molecular complexity index is 952. The first kappa shape index (κ1) is 20.3. The minimum absolute atomic E-state index is 0.110. The molecule has 7 nitrogen and oxygen atoms in total. The minimum atomic E-state index is -3.48. The van der Waals surface area contributed by atoms with Crippen LogP contribution in [0.4, 0.5) is 11.5 Å². The molecule has 8 heteroatoms. The Morgan fingerprint density at radius 3 is 2.54 bits per heavy atom. The molecule has 0 unspecified atom stereocenters. The van der Waals surface area contributed by atoms with Gasteiger partial charge in [0.2, 0.25) is 15.9 Å². The molecule has 1 aliphatic heterocycles. The van der Waals surface area contributed by atoms with Gasteiger partial charge in [0.05, 0.1) is 6.54 Å². The summed E-state index contributed by atoms with van der Waals surface area (Å²) in [6.07, 6.45) is 3.15. The fourth-order valence-electron chi connectivity index (χ4n) is 3.20. The van der Waals surface area contributed by atoms with Crippen LogP contribution in [0.1, 0.15) is 24.0 Å². The average molecular weight is 403 g/mol. The summed E-state index contributed by atoms with van der Waals surface area (Å²) in [7, 11) is -1.73. The summed E-state index contributed by atoms with van der Waals surface area (Å²) in [6, 6.07) is 8.96. The third kappa shape index (κ3) is 4.34. The normalized spacial score (nSPS) is 14.8. The Morgan fingerprint density at radius 1 is 1.18 bits per heavy atom.